The largest absolute Gasteiger partial charge is 0.484 e. The van der Waals surface area contributed by atoms with Crippen LogP contribution in [0.1, 0.15) is 35.7 Å². The van der Waals surface area contributed by atoms with Gasteiger partial charge in [-0.05, 0) is 41.8 Å². The first kappa shape index (κ1) is 21.1. The van der Waals surface area contributed by atoms with E-state index in [1.807, 2.05) is 24.3 Å². The highest BCUT2D eigenvalue weighted by molar-refractivity contribution is 6.33. The summed E-state index contributed by atoms with van der Waals surface area (Å²) in [6.07, 6.45) is 0. The number of anilines is 1. The Morgan fingerprint density at radius 3 is 2.48 bits per heavy atom. The third kappa shape index (κ3) is 5.71. The Morgan fingerprint density at radius 1 is 1.14 bits per heavy atom. The van der Waals surface area contributed by atoms with E-state index in [1.165, 1.54) is 5.56 Å². The zero-order chi connectivity index (χ0) is 20.8. The number of morpholine rings is 1. The fourth-order valence-electron chi connectivity index (χ4n) is 2.99. The van der Waals surface area contributed by atoms with Gasteiger partial charge in [0, 0.05) is 18.7 Å². The number of hydrogen-bond donors (Lipinski definition) is 1. The molecule has 1 aliphatic heterocycles. The Bertz CT molecular complexity index is 862. The van der Waals surface area contributed by atoms with Gasteiger partial charge in [-0.1, -0.05) is 37.6 Å². The molecule has 1 saturated heterocycles. The van der Waals surface area contributed by atoms with Gasteiger partial charge in [0.2, 0.25) is 0 Å². The van der Waals surface area contributed by atoms with Crippen LogP contribution in [-0.2, 0) is 9.53 Å². The first-order valence-corrected chi connectivity index (χ1v) is 10.0. The predicted octanol–water partition coefficient (Wildman–Crippen LogP) is 3.95. The summed E-state index contributed by atoms with van der Waals surface area (Å²) in [6.45, 7) is 6.23. The van der Waals surface area contributed by atoms with Crippen molar-refractivity contribution in [2.75, 3.05) is 38.2 Å². The monoisotopic (exact) mass is 416 g/mol. The standard InChI is InChI=1S/C22H25ClN2O4/c1-15(2)16-3-6-18(7-4-16)29-14-21(26)24-20-13-17(5-8-19(20)23)22(27)25-9-11-28-12-10-25/h3-8,13,15H,9-12,14H2,1-2H3,(H,24,26). The van der Waals surface area contributed by atoms with Gasteiger partial charge in [0.1, 0.15) is 5.75 Å². The molecule has 0 aliphatic carbocycles. The number of carbonyl (C=O) groups is 2. The second-order valence-electron chi connectivity index (χ2n) is 7.16. The molecule has 0 atom stereocenters. The minimum Gasteiger partial charge on any atom is -0.484 e. The van der Waals surface area contributed by atoms with Crippen molar-refractivity contribution in [3.05, 3.63) is 58.6 Å². The Balaban J connectivity index is 1.60. The Kier molecular flexibility index (Phi) is 7.12. The summed E-state index contributed by atoms with van der Waals surface area (Å²) < 4.78 is 10.8. The number of benzene rings is 2. The number of carbonyl (C=O) groups excluding carboxylic acids is 2. The predicted molar refractivity (Wildman–Crippen MR) is 113 cm³/mol. The number of amides is 2. The maximum atomic E-state index is 12.6. The topological polar surface area (TPSA) is 67.9 Å². The molecule has 1 aliphatic rings. The lowest BCUT2D eigenvalue weighted by molar-refractivity contribution is -0.118. The first-order chi connectivity index (χ1) is 13.9. The third-order valence-electron chi connectivity index (χ3n) is 4.70. The van der Waals surface area contributed by atoms with Crippen LogP contribution < -0.4 is 10.1 Å². The molecule has 2 aromatic carbocycles. The van der Waals surface area contributed by atoms with Crippen molar-refractivity contribution < 1.29 is 19.1 Å². The molecule has 154 valence electrons. The summed E-state index contributed by atoms with van der Waals surface area (Å²) in [7, 11) is 0. The smallest absolute Gasteiger partial charge is 0.262 e. The summed E-state index contributed by atoms with van der Waals surface area (Å²) in [6, 6.07) is 12.5. The lowest BCUT2D eigenvalue weighted by Gasteiger charge is -2.27. The van der Waals surface area contributed by atoms with Gasteiger partial charge < -0.3 is 19.7 Å². The lowest BCUT2D eigenvalue weighted by atomic mass is 10.0. The van der Waals surface area contributed by atoms with Gasteiger partial charge in [0.25, 0.3) is 11.8 Å². The highest BCUT2D eigenvalue weighted by Gasteiger charge is 2.19. The highest BCUT2D eigenvalue weighted by atomic mass is 35.5. The van der Waals surface area contributed by atoms with Gasteiger partial charge in [-0.25, -0.2) is 0 Å². The minimum absolute atomic E-state index is 0.109. The van der Waals surface area contributed by atoms with E-state index in [2.05, 4.69) is 19.2 Å². The maximum absolute atomic E-state index is 12.6. The average molecular weight is 417 g/mol. The fraction of sp³-hybridized carbons (Fsp3) is 0.364. The second kappa shape index (κ2) is 9.76. The quantitative estimate of drug-likeness (QED) is 0.774. The summed E-state index contributed by atoms with van der Waals surface area (Å²) in [5.41, 5.74) is 2.06. The molecule has 2 aromatic rings. The van der Waals surface area contributed by atoms with Crippen LogP contribution in [0.4, 0.5) is 5.69 Å². The number of nitrogens with one attached hydrogen (secondary N) is 1. The Labute approximate surface area is 175 Å². The molecule has 6 nitrogen and oxygen atoms in total. The van der Waals surface area contributed by atoms with Crippen molar-refractivity contribution in [3.63, 3.8) is 0 Å². The third-order valence-corrected chi connectivity index (χ3v) is 5.03. The Hall–Kier alpha value is -2.57. The average Bonchev–Trinajstić information content (AvgIpc) is 2.74. The SMILES string of the molecule is CC(C)c1ccc(OCC(=O)Nc2cc(C(=O)N3CCOCC3)ccc2Cl)cc1. The molecule has 0 saturated carbocycles. The van der Waals surface area contributed by atoms with Crippen LogP contribution in [0.3, 0.4) is 0 Å². The first-order valence-electron chi connectivity index (χ1n) is 9.63. The number of rotatable bonds is 6. The molecule has 2 amide bonds. The number of ether oxygens (including phenoxy) is 2. The molecule has 7 heteroatoms. The highest BCUT2D eigenvalue weighted by Crippen LogP contribution is 2.24. The van der Waals surface area contributed by atoms with E-state index in [1.54, 1.807) is 23.1 Å². The number of hydrogen-bond acceptors (Lipinski definition) is 4. The summed E-state index contributed by atoms with van der Waals surface area (Å²) in [5.74, 6) is 0.589. The van der Waals surface area contributed by atoms with Crippen LogP contribution in [-0.4, -0.2) is 49.6 Å². The van der Waals surface area contributed by atoms with E-state index in [0.717, 1.165) is 0 Å². The molecule has 3 rings (SSSR count). The van der Waals surface area contributed by atoms with Crippen LogP contribution in [0, 0.1) is 0 Å². The van der Waals surface area contributed by atoms with Crippen LogP contribution in [0.25, 0.3) is 0 Å². The summed E-state index contributed by atoms with van der Waals surface area (Å²) in [5, 5.41) is 3.08. The molecular weight excluding hydrogens is 392 g/mol. The molecule has 1 fully saturated rings. The number of halogens is 1. The minimum atomic E-state index is -0.351. The summed E-state index contributed by atoms with van der Waals surface area (Å²) >= 11 is 6.19. The van der Waals surface area contributed by atoms with Crippen LogP contribution in [0.5, 0.6) is 5.75 Å². The molecule has 0 spiro atoms. The molecule has 0 radical (unpaired) electrons. The second-order valence-corrected chi connectivity index (χ2v) is 7.57. The van der Waals surface area contributed by atoms with Crippen molar-refractivity contribution in [1.82, 2.24) is 4.90 Å². The lowest BCUT2D eigenvalue weighted by Crippen LogP contribution is -2.40. The van der Waals surface area contributed by atoms with Crippen molar-refractivity contribution in [3.8, 4) is 5.75 Å². The maximum Gasteiger partial charge on any atom is 0.262 e. The van der Waals surface area contributed by atoms with E-state index < -0.39 is 0 Å². The van der Waals surface area contributed by atoms with Gasteiger partial charge in [0.15, 0.2) is 6.61 Å². The van der Waals surface area contributed by atoms with Gasteiger partial charge in [-0.2, -0.15) is 0 Å². The van der Waals surface area contributed by atoms with Crippen molar-refractivity contribution in [2.24, 2.45) is 0 Å². The van der Waals surface area contributed by atoms with Crippen molar-refractivity contribution in [1.29, 1.82) is 0 Å². The zero-order valence-electron chi connectivity index (χ0n) is 16.6. The zero-order valence-corrected chi connectivity index (χ0v) is 17.4. The van der Waals surface area contributed by atoms with E-state index in [-0.39, 0.29) is 18.4 Å². The van der Waals surface area contributed by atoms with Crippen LogP contribution >= 0.6 is 11.6 Å². The van der Waals surface area contributed by atoms with Gasteiger partial charge in [-0.15, -0.1) is 0 Å². The molecule has 1 heterocycles. The van der Waals surface area contributed by atoms with Gasteiger partial charge in [0.05, 0.1) is 23.9 Å². The van der Waals surface area contributed by atoms with Crippen molar-refractivity contribution in [2.45, 2.75) is 19.8 Å². The number of nitrogens with zero attached hydrogens (tertiary/aromatic N) is 1. The molecule has 1 N–H and O–H groups in total. The molecule has 0 bridgehead atoms. The molecule has 0 unspecified atom stereocenters. The van der Waals surface area contributed by atoms with Crippen LogP contribution in [0.2, 0.25) is 5.02 Å². The normalized spacial score (nSPS) is 14.0. The van der Waals surface area contributed by atoms with Crippen LogP contribution in [0.15, 0.2) is 42.5 Å². The Morgan fingerprint density at radius 2 is 1.83 bits per heavy atom. The van der Waals surface area contributed by atoms with Gasteiger partial charge >= 0.3 is 0 Å². The van der Waals surface area contributed by atoms with E-state index in [9.17, 15) is 9.59 Å². The van der Waals surface area contributed by atoms with Crippen molar-refractivity contribution >= 4 is 29.1 Å². The van der Waals surface area contributed by atoms with Gasteiger partial charge in [-0.3, -0.25) is 9.59 Å². The van der Waals surface area contributed by atoms with E-state index in [4.69, 9.17) is 21.1 Å². The fourth-order valence-corrected chi connectivity index (χ4v) is 3.15. The van der Waals surface area contributed by atoms with E-state index in [0.29, 0.717) is 54.2 Å². The summed E-state index contributed by atoms with van der Waals surface area (Å²) in [4.78, 5) is 26.6. The molecular formula is C22H25ClN2O4. The molecule has 0 aromatic heterocycles. The van der Waals surface area contributed by atoms with E-state index >= 15 is 0 Å². The molecule has 29 heavy (non-hydrogen) atoms.